The second-order valence-corrected chi connectivity index (χ2v) is 7.98. The van der Waals surface area contributed by atoms with Crippen molar-refractivity contribution in [3.05, 3.63) is 58.0 Å². The molecule has 1 fully saturated rings. The smallest absolute Gasteiger partial charge is 0.275 e. The van der Waals surface area contributed by atoms with Crippen molar-refractivity contribution >= 4 is 27.3 Å². The molecule has 1 aromatic carbocycles. The Morgan fingerprint density at radius 3 is 2.96 bits per heavy atom. The summed E-state index contributed by atoms with van der Waals surface area (Å²) in [5, 5.41) is 8.15. The molecule has 3 aromatic rings. The predicted octanol–water partition coefficient (Wildman–Crippen LogP) is 2.18. The maximum absolute atomic E-state index is 12.7. The summed E-state index contributed by atoms with van der Waals surface area (Å²) in [4.78, 5) is 31.8. The predicted molar refractivity (Wildman–Crippen MR) is 110 cm³/mol. The van der Waals surface area contributed by atoms with Gasteiger partial charge in [-0.15, -0.1) is 5.10 Å². The van der Waals surface area contributed by atoms with E-state index in [0.717, 1.165) is 32.2 Å². The van der Waals surface area contributed by atoms with Gasteiger partial charge in [-0.1, -0.05) is 41.7 Å². The number of aryl methyl sites for hydroxylation is 2. The third kappa shape index (κ3) is 3.91. The Morgan fingerprint density at radius 1 is 1.32 bits per heavy atom. The third-order valence-electron chi connectivity index (χ3n) is 4.95. The molecule has 1 aliphatic rings. The highest BCUT2D eigenvalue weighted by Crippen LogP contribution is 2.29. The summed E-state index contributed by atoms with van der Waals surface area (Å²) in [6.45, 7) is 3.20. The Hall–Kier alpha value is -2.74. The van der Waals surface area contributed by atoms with E-state index in [0.29, 0.717) is 22.3 Å². The topological polar surface area (TPSA) is 79.6 Å². The number of nitrogens with one attached hydrogen (secondary N) is 1. The van der Waals surface area contributed by atoms with Crippen molar-refractivity contribution in [3.8, 4) is 0 Å². The van der Waals surface area contributed by atoms with Crippen molar-refractivity contribution in [1.29, 1.82) is 0 Å². The average Bonchev–Trinajstić information content (AvgIpc) is 3.32. The number of hydrogen-bond donors (Lipinski definition) is 1. The molecule has 0 bridgehead atoms. The van der Waals surface area contributed by atoms with Crippen molar-refractivity contribution < 1.29 is 4.79 Å². The first kappa shape index (κ1) is 18.6. The second-order valence-electron chi connectivity index (χ2n) is 7.05. The number of hydrogen-bond acceptors (Lipinski definition) is 6. The fourth-order valence-corrected chi connectivity index (χ4v) is 4.59. The van der Waals surface area contributed by atoms with Crippen molar-refractivity contribution in [2.24, 2.45) is 0 Å². The highest BCUT2D eigenvalue weighted by Gasteiger charge is 2.33. The number of benzene rings is 1. The minimum Gasteiger partial charge on any atom is -0.354 e. The van der Waals surface area contributed by atoms with E-state index >= 15 is 0 Å². The first-order chi connectivity index (χ1) is 13.6. The summed E-state index contributed by atoms with van der Waals surface area (Å²) in [6, 6.07) is 11.5. The van der Waals surface area contributed by atoms with Crippen LogP contribution in [-0.4, -0.2) is 39.6 Å². The van der Waals surface area contributed by atoms with Gasteiger partial charge in [-0.2, -0.15) is 4.52 Å². The maximum Gasteiger partial charge on any atom is 0.275 e. The monoisotopic (exact) mass is 397 g/mol. The standard InChI is InChI=1S/C20H23N5O2S/c1-14-13-17(26)25-19(22-14)28-20(23-25)24-12-6-10-16(24)18(27)21-11-5-9-15-7-3-2-4-8-15/h2-4,7-8,13,16H,5-6,9-12H2,1H3,(H,21,27). The number of nitrogens with zero attached hydrogens (tertiary/aromatic N) is 4. The molecule has 7 nitrogen and oxygen atoms in total. The molecule has 0 spiro atoms. The van der Waals surface area contributed by atoms with Gasteiger partial charge in [0.05, 0.1) is 0 Å². The average molecular weight is 398 g/mol. The molecular formula is C20H23N5O2S. The second kappa shape index (κ2) is 8.10. The van der Waals surface area contributed by atoms with Crippen LogP contribution in [0.3, 0.4) is 0 Å². The Morgan fingerprint density at radius 2 is 2.14 bits per heavy atom. The summed E-state index contributed by atoms with van der Waals surface area (Å²) in [6.07, 6.45) is 3.57. The van der Waals surface area contributed by atoms with E-state index < -0.39 is 0 Å². The molecule has 146 valence electrons. The molecule has 1 aliphatic heterocycles. The number of rotatable bonds is 6. The fourth-order valence-electron chi connectivity index (χ4n) is 3.56. The van der Waals surface area contributed by atoms with Crippen molar-refractivity contribution in [3.63, 3.8) is 0 Å². The van der Waals surface area contributed by atoms with Crippen molar-refractivity contribution in [1.82, 2.24) is 19.9 Å². The Bertz CT molecular complexity index is 1030. The van der Waals surface area contributed by atoms with Gasteiger partial charge in [-0.05, 0) is 38.2 Å². The van der Waals surface area contributed by atoms with Crippen molar-refractivity contribution in [2.45, 2.75) is 38.6 Å². The van der Waals surface area contributed by atoms with Gasteiger partial charge in [-0.3, -0.25) is 9.59 Å². The zero-order valence-electron chi connectivity index (χ0n) is 15.8. The molecule has 1 N–H and O–H groups in total. The van der Waals surface area contributed by atoms with E-state index in [-0.39, 0.29) is 17.5 Å². The summed E-state index contributed by atoms with van der Waals surface area (Å²) in [7, 11) is 0. The lowest BCUT2D eigenvalue weighted by molar-refractivity contribution is -0.122. The molecule has 4 rings (SSSR count). The van der Waals surface area contributed by atoms with Gasteiger partial charge in [0.1, 0.15) is 6.04 Å². The largest absolute Gasteiger partial charge is 0.354 e. The molecule has 3 heterocycles. The van der Waals surface area contributed by atoms with Gasteiger partial charge in [0.15, 0.2) is 0 Å². The van der Waals surface area contributed by atoms with Gasteiger partial charge in [-0.25, -0.2) is 4.98 Å². The summed E-state index contributed by atoms with van der Waals surface area (Å²) >= 11 is 1.36. The van der Waals surface area contributed by atoms with E-state index in [2.05, 4.69) is 27.5 Å². The highest BCUT2D eigenvalue weighted by atomic mass is 32.1. The lowest BCUT2D eigenvalue weighted by Crippen LogP contribution is -2.43. The van der Waals surface area contributed by atoms with Crippen LogP contribution >= 0.6 is 11.3 Å². The first-order valence-electron chi connectivity index (χ1n) is 9.57. The molecule has 0 saturated carbocycles. The fraction of sp³-hybridized carbons (Fsp3) is 0.400. The Labute approximate surface area is 167 Å². The minimum atomic E-state index is -0.242. The number of amides is 1. The Balaban J connectivity index is 1.39. The SMILES string of the molecule is Cc1cc(=O)n2nc(N3CCCC3C(=O)NCCCc3ccccc3)sc2n1. The quantitative estimate of drug-likeness (QED) is 0.645. The van der Waals surface area contributed by atoms with Gasteiger partial charge < -0.3 is 10.2 Å². The minimum absolute atomic E-state index is 0.0290. The van der Waals surface area contributed by atoms with Crippen molar-refractivity contribution in [2.75, 3.05) is 18.0 Å². The van der Waals surface area contributed by atoms with Gasteiger partial charge >= 0.3 is 0 Å². The van der Waals surface area contributed by atoms with Gasteiger partial charge in [0.2, 0.25) is 16.0 Å². The van der Waals surface area contributed by atoms with E-state index in [9.17, 15) is 9.59 Å². The molecular weight excluding hydrogens is 374 g/mol. The number of aromatic nitrogens is 3. The molecule has 28 heavy (non-hydrogen) atoms. The molecule has 1 saturated heterocycles. The van der Waals surface area contributed by atoms with Crippen LogP contribution in [0.1, 0.15) is 30.5 Å². The van der Waals surface area contributed by atoms with E-state index in [1.165, 1.54) is 27.5 Å². The Kier molecular flexibility index (Phi) is 5.38. The lowest BCUT2D eigenvalue weighted by atomic mass is 10.1. The van der Waals surface area contributed by atoms with Crippen LogP contribution in [0.15, 0.2) is 41.2 Å². The van der Waals surface area contributed by atoms with Crippen LogP contribution in [0.2, 0.25) is 0 Å². The van der Waals surface area contributed by atoms with Crippen LogP contribution in [-0.2, 0) is 11.2 Å². The normalized spacial score (nSPS) is 16.6. The zero-order valence-corrected chi connectivity index (χ0v) is 16.6. The molecule has 1 unspecified atom stereocenters. The molecule has 0 radical (unpaired) electrons. The van der Waals surface area contributed by atoms with Crippen LogP contribution in [0, 0.1) is 6.92 Å². The number of carbonyl (C=O) groups is 1. The number of anilines is 1. The third-order valence-corrected chi connectivity index (χ3v) is 5.89. The molecule has 8 heteroatoms. The summed E-state index contributed by atoms with van der Waals surface area (Å²) in [5.74, 6) is 0.0290. The summed E-state index contributed by atoms with van der Waals surface area (Å²) < 4.78 is 1.32. The van der Waals surface area contributed by atoms with Gasteiger partial charge in [0.25, 0.3) is 5.56 Å². The van der Waals surface area contributed by atoms with Crippen LogP contribution < -0.4 is 15.8 Å². The van der Waals surface area contributed by atoms with Crippen LogP contribution in [0.5, 0.6) is 0 Å². The van der Waals surface area contributed by atoms with Crippen LogP contribution in [0.4, 0.5) is 5.13 Å². The first-order valence-corrected chi connectivity index (χ1v) is 10.4. The number of fused-ring (bicyclic) bond motifs is 1. The van der Waals surface area contributed by atoms with E-state index in [1.807, 2.05) is 23.1 Å². The highest BCUT2D eigenvalue weighted by molar-refractivity contribution is 7.20. The van der Waals surface area contributed by atoms with Gasteiger partial charge in [0, 0.05) is 24.8 Å². The molecule has 1 amide bonds. The zero-order chi connectivity index (χ0) is 19.5. The number of carbonyl (C=O) groups excluding carboxylic acids is 1. The van der Waals surface area contributed by atoms with Crippen LogP contribution in [0.25, 0.3) is 4.96 Å². The molecule has 0 aliphatic carbocycles. The molecule has 2 aromatic heterocycles. The molecule has 1 atom stereocenters. The van der Waals surface area contributed by atoms with E-state index in [4.69, 9.17) is 0 Å². The summed E-state index contributed by atoms with van der Waals surface area (Å²) in [5.41, 5.74) is 1.77. The maximum atomic E-state index is 12.7. The lowest BCUT2D eigenvalue weighted by Gasteiger charge is -2.22. The van der Waals surface area contributed by atoms with E-state index in [1.54, 1.807) is 6.92 Å².